The molecule has 1 aromatic carbocycles. The first-order valence-electron chi connectivity index (χ1n) is 8.73. The van der Waals surface area contributed by atoms with E-state index in [0.717, 1.165) is 37.5 Å². The first kappa shape index (κ1) is 20.4. The maximum atomic E-state index is 12.5. The Labute approximate surface area is 151 Å². The van der Waals surface area contributed by atoms with Crippen LogP contribution in [0, 0.1) is 0 Å². The zero-order valence-electron chi connectivity index (χ0n) is 15.2. The third-order valence-corrected chi connectivity index (χ3v) is 7.62. The van der Waals surface area contributed by atoms with Gasteiger partial charge in [-0.3, -0.25) is 0 Å². The molecular weight excluding hydrogens is 360 g/mol. The third-order valence-electron chi connectivity index (χ3n) is 4.76. The molecule has 25 heavy (non-hydrogen) atoms. The van der Waals surface area contributed by atoms with Gasteiger partial charge in [0.15, 0.2) is 0 Å². The monoisotopic (exact) mass is 388 g/mol. The van der Waals surface area contributed by atoms with Gasteiger partial charge in [-0.05, 0) is 62.3 Å². The smallest absolute Gasteiger partial charge is 0.212 e. The van der Waals surface area contributed by atoms with Crippen molar-refractivity contribution in [3.8, 4) is 0 Å². The summed E-state index contributed by atoms with van der Waals surface area (Å²) in [5.74, 6) is 0. The van der Waals surface area contributed by atoms with Gasteiger partial charge in [0, 0.05) is 19.1 Å². The minimum atomic E-state index is -3.64. The van der Waals surface area contributed by atoms with Crippen molar-refractivity contribution >= 4 is 20.0 Å². The molecule has 8 heteroatoms. The van der Waals surface area contributed by atoms with Gasteiger partial charge >= 0.3 is 0 Å². The standard InChI is InChI=1S/C17H28N2O4S2/c1-4-14(2)19(24(3,20)21)12-11-18-25(22,23)17-10-9-15-7-5-6-8-16(15)13-17/h9-10,13-14,18H,4-8,11-12H2,1-3H3. The van der Waals surface area contributed by atoms with Crippen LogP contribution in [-0.4, -0.2) is 46.5 Å². The SMILES string of the molecule is CCC(C)N(CCNS(=O)(=O)c1ccc2c(c1)CCCC2)S(C)(=O)=O. The molecule has 1 aliphatic carbocycles. The van der Waals surface area contributed by atoms with Crippen LogP contribution in [0.5, 0.6) is 0 Å². The molecule has 0 aliphatic heterocycles. The van der Waals surface area contributed by atoms with Gasteiger partial charge in [0.25, 0.3) is 0 Å². The van der Waals surface area contributed by atoms with E-state index >= 15 is 0 Å². The van der Waals surface area contributed by atoms with E-state index in [-0.39, 0.29) is 24.0 Å². The van der Waals surface area contributed by atoms with Gasteiger partial charge in [0.05, 0.1) is 11.2 Å². The number of nitrogens with one attached hydrogen (secondary N) is 1. The molecular formula is C17H28N2O4S2. The molecule has 0 radical (unpaired) electrons. The number of hydrogen-bond donors (Lipinski definition) is 1. The van der Waals surface area contributed by atoms with Crippen LogP contribution in [0.1, 0.15) is 44.2 Å². The van der Waals surface area contributed by atoms with Crippen molar-refractivity contribution in [2.24, 2.45) is 0 Å². The molecule has 1 aromatic rings. The highest BCUT2D eigenvalue weighted by atomic mass is 32.2. The lowest BCUT2D eigenvalue weighted by atomic mass is 9.92. The number of sulfonamides is 2. The summed E-state index contributed by atoms with van der Waals surface area (Å²) in [5.41, 5.74) is 2.33. The number of aryl methyl sites for hydroxylation is 2. The van der Waals surface area contributed by atoms with Crippen LogP contribution >= 0.6 is 0 Å². The van der Waals surface area contributed by atoms with E-state index in [2.05, 4.69) is 4.72 Å². The van der Waals surface area contributed by atoms with Crippen LogP contribution in [0.15, 0.2) is 23.1 Å². The van der Waals surface area contributed by atoms with Gasteiger partial charge in [0.1, 0.15) is 0 Å². The third kappa shape index (κ3) is 5.26. The quantitative estimate of drug-likeness (QED) is 0.737. The second-order valence-corrected chi connectivity index (χ2v) is 10.4. The second-order valence-electron chi connectivity index (χ2n) is 6.67. The van der Waals surface area contributed by atoms with E-state index in [1.165, 1.54) is 9.87 Å². The summed E-state index contributed by atoms with van der Waals surface area (Å²) >= 11 is 0. The zero-order chi connectivity index (χ0) is 18.7. The van der Waals surface area contributed by atoms with Crippen molar-refractivity contribution < 1.29 is 16.8 Å². The molecule has 0 saturated carbocycles. The van der Waals surface area contributed by atoms with Crippen LogP contribution in [0.25, 0.3) is 0 Å². The molecule has 1 N–H and O–H groups in total. The van der Waals surface area contributed by atoms with Crippen molar-refractivity contribution in [1.82, 2.24) is 9.03 Å². The molecule has 1 atom stereocenters. The van der Waals surface area contributed by atoms with Gasteiger partial charge in [-0.25, -0.2) is 21.6 Å². The van der Waals surface area contributed by atoms with E-state index in [1.54, 1.807) is 12.1 Å². The molecule has 0 bridgehead atoms. The number of hydrogen-bond acceptors (Lipinski definition) is 4. The highest BCUT2D eigenvalue weighted by molar-refractivity contribution is 7.89. The van der Waals surface area contributed by atoms with Gasteiger partial charge in [-0.1, -0.05) is 13.0 Å². The Morgan fingerprint density at radius 3 is 2.36 bits per heavy atom. The Bertz CT molecular complexity index is 804. The maximum Gasteiger partial charge on any atom is 0.240 e. The average molecular weight is 389 g/mol. The lowest BCUT2D eigenvalue weighted by molar-refractivity contribution is 0.335. The normalized spacial score (nSPS) is 16.6. The van der Waals surface area contributed by atoms with Crippen molar-refractivity contribution in [1.29, 1.82) is 0 Å². The van der Waals surface area contributed by atoms with E-state index in [9.17, 15) is 16.8 Å². The molecule has 6 nitrogen and oxygen atoms in total. The van der Waals surface area contributed by atoms with Crippen molar-refractivity contribution in [2.45, 2.75) is 56.9 Å². The average Bonchev–Trinajstić information content (AvgIpc) is 2.56. The number of nitrogens with zero attached hydrogens (tertiary/aromatic N) is 1. The van der Waals surface area contributed by atoms with E-state index in [4.69, 9.17) is 0 Å². The molecule has 0 amide bonds. The molecule has 1 unspecified atom stereocenters. The fourth-order valence-electron chi connectivity index (χ4n) is 3.17. The number of rotatable bonds is 8. The molecule has 2 rings (SSSR count). The summed E-state index contributed by atoms with van der Waals surface area (Å²) in [4.78, 5) is 0.252. The molecule has 0 heterocycles. The minimum Gasteiger partial charge on any atom is -0.212 e. The first-order chi connectivity index (χ1) is 11.6. The predicted octanol–water partition coefficient (Wildman–Crippen LogP) is 1.90. The Hall–Kier alpha value is -0.960. The lowest BCUT2D eigenvalue weighted by Crippen LogP contribution is -2.42. The van der Waals surface area contributed by atoms with Crippen molar-refractivity contribution in [2.75, 3.05) is 19.3 Å². The van der Waals surface area contributed by atoms with Gasteiger partial charge < -0.3 is 0 Å². The summed E-state index contributed by atoms with van der Waals surface area (Å²) in [6.45, 7) is 3.90. The lowest BCUT2D eigenvalue weighted by Gasteiger charge is -2.26. The van der Waals surface area contributed by atoms with E-state index < -0.39 is 20.0 Å². The fraction of sp³-hybridized carbons (Fsp3) is 0.647. The second kappa shape index (κ2) is 8.16. The molecule has 0 aromatic heterocycles. The Balaban J connectivity index is 2.06. The molecule has 0 saturated heterocycles. The Morgan fingerprint density at radius 1 is 1.12 bits per heavy atom. The number of fused-ring (bicyclic) bond motifs is 1. The van der Waals surface area contributed by atoms with Gasteiger partial charge in [-0.2, -0.15) is 4.31 Å². The van der Waals surface area contributed by atoms with Crippen LogP contribution in [0.2, 0.25) is 0 Å². The summed E-state index contributed by atoms with van der Waals surface area (Å²) in [6, 6.07) is 5.11. The fourth-order valence-corrected chi connectivity index (χ4v) is 5.46. The van der Waals surface area contributed by atoms with Crippen molar-refractivity contribution in [3.63, 3.8) is 0 Å². The molecule has 0 spiro atoms. The highest BCUT2D eigenvalue weighted by Crippen LogP contribution is 2.24. The van der Waals surface area contributed by atoms with Crippen LogP contribution in [0.4, 0.5) is 0 Å². The topological polar surface area (TPSA) is 83.6 Å². The van der Waals surface area contributed by atoms with Crippen LogP contribution < -0.4 is 4.72 Å². The van der Waals surface area contributed by atoms with E-state index in [1.807, 2.05) is 19.9 Å². The van der Waals surface area contributed by atoms with Crippen LogP contribution in [-0.2, 0) is 32.9 Å². The Kier molecular flexibility index (Phi) is 6.64. The van der Waals surface area contributed by atoms with E-state index in [0.29, 0.717) is 6.42 Å². The Morgan fingerprint density at radius 2 is 1.76 bits per heavy atom. The van der Waals surface area contributed by atoms with Gasteiger partial charge in [0.2, 0.25) is 20.0 Å². The molecule has 1 aliphatic rings. The summed E-state index contributed by atoms with van der Waals surface area (Å²) in [5, 5.41) is 0. The van der Waals surface area contributed by atoms with Crippen molar-refractivity contribution in [3.05, 3.63) is 29.3 Å². The zero-order valence-corrected chi connectivity index (χ0v) is 16.8. The molecule has 142 valence electrons. The minimum absolute atomic E-state index is 0.0524. The predicted molar refractivity (Wildman–Crippen MR) is 99.6 cm³/mol. The maximum absolute atomic E-state index is 12.5. The summed E-state index contributed by atoms with van der Waals surface area (Å²) in [6.07, 6.45) is 5.97. The first-order valence-corrected chi connectivity index (χ1v) is 12.1. The van der Waals surface area contributed by atoms with Gasteiger partial charge in [-0.15, -0.1) is 0 Å². The summed E-state index contributed by atoms with van der Waals surface area (Å²) in [7, 11) is -7.01. The summed E-state index contributed by atoms with van der Waals surface area (Å²) < 4.78 is 52.6. The molecule has 0 fully saturated rings. The number of benzene rings is 1. The van der Waals surface area contributed by atoms with Crippen LogP contribution in [0.3, 0.4) is 0 Å². The highest BCUT2D eigenvalue weighted by Gasteiger charge is 2.23. The largest absolute Gasteiger partial charge is 0.240 e.